The minimum Gasteiger partial charge on any atom is -0.481 e. The summed E-state index contributed by atoms with van der Waals surface area (Å²) in [6.07, 6.45) is 3.37. The number of methoxy groups -OCH3 is 1. The monoisotopic (exact) mass is 440 g/mol. The molecule has 4 heterocycles. The smallest absolute Gasteiger partial charge is 0.329 e. The van der Waals surface area contributed by atoms with Crippen molar-refractivity contribution in [2.75, 3.05) is 27.2 Å². The average Bonchev–Trinajstić information content (AvgIpc) is 3.04. The summed E-state index contributed by atoms with van der Waals surface area (Å²) in [7, 11) is 3.02. The van der Waals surface area contributed by atoms with E-state index in [-0.39, 0.29) is 13.5 Å². The third-order valence-electron chi connectivity index (χ3n) is 6.20. The van der Waals surface area contributed by atoms with Crippen LogP contribution in [0.15, 0.2) is 47.5 Å². The fourth-order valence-electron chi connectivity index (χ4n) is 4.55. The molecule has 0 radical (unpaired) electrons. The van der Waals surface area contributed by atoms with Gasteiger partial charge in [0.15, 0.2) is 0 Å². The van der Waals surface area contributed by atoms with Crippen molar-refractivity contribution in [1.29, 1.82) is 0 Å². The van der Waals surface area contributed by atoms with Gasteiger partial charge in [-0.3, -0.25) is 14.1 Å². The highest BCUT2D eigenvalue weighted by Crippen LogP contribution is 2.39. The number of pyridine rings is 2. The van der Waals surface area contributed by atoms with Gasteiger partial charge in [-0.1, -0.05) is 6.07 Å². The molecule has 7 nitrogen and oxygen atoms in total. The number of imidazole rings is 1. The molecule has 0 aliphatic carbocycles. The van der Waals surface area contributed by atoms with Gasteiger partial charge >= 0.3 is 5.69 Å². The second-order valence-electron chi connectivity index (χ2n) is 8.27. The number of aromatic nitrogens is 4. The zero-order chi connectivity index (χ0) is 23.3. The van der Waals surface area contributed by atoms with Gasteiger partial charge in [-0.2, -0.15) is 0 Å². The van der Waals surface area contributed by atoms with Crippen molar-refractivity contribution in [2.45, 2.75) is 18.4 Å². The number of fused-ring (bicyclic) bond motifs is 3. The summed E-state index contributed by atoms with van der Waals surface area (Å²) in [4.78, 5) is 23.4. The lowest BCUT2D eigenvalue weighted by Gasteiger charge is -2.37. The van der Waals surface area contributed by atoms with Crippen LogP contribution in [0.2, 0.25) is 0 Å². The normalized spacial score (nSPS) is 19.4. The Bertz CT molecular complexity index is 1400. The third kappa shape index (κ3) is 3.15. The second-order valence-corrected chi connectivity index (χ2v) is 8.27. The summed E-state index contributed by atoms with van der Waals surface area (Å²) in [5.74, 6) is -2.70. The summed E-state index contributed by atoms with van der Waals surface area (Å²) in [6.45, 7) is 0.0862. The van der Waals surface area contributed by atoms with Crippen LogP contribution >= 0.6 is 0 Å². The predicted octanol–water partition coefficient (Wildman–Crippen LogP) is 3.47. The van der Waals surface area contributed by atoms with E-state index in [0.717, 1.165) is 11.1 Å². The molecule has 0 amide bonds. The summed E-state index contributed by atoms with van der Waals surface area (Å²) < 4.78 is 45.1. The van der Waals surface area contributed by atoms with Crippen LogP contribution in [-0.4, -0.2) is 57.1 Å². The van der Waals surface area contributed by atoms with Crippen molar-refractivity contribution < 1.29 is 14.9 Å². The van der Waals surface area contributed by atoms with E-state index in [9.17, 15) is 4.79 Å². The van der Waals surface area contributed by atoms with Gasteiger partial charge in [-0.15, -0.1) is 0 Å². The first kappa shape index (κ1) is 19.4. The van der Waals surface area contributed by atoms with Crippen LogP contribution in [0, 0.1) is 0 Å². The molecule has 1 aliphatic rings. The van der Waals surface area contributed by atoms with Gasteiger partial charge < -0.3 is 9.64 Å². The maximum Gasteiger partial charge on any atom is 0.329 e. The van der Waals surface area contributed by atoms with Crippen LogP contribution in [0.3, 0.4) is 0 Å². The van der Waals surface area contributed by atoms with Crippen LogP contribution in [0.5, 0.6) is 5.88 Å². The zero-order valence-electron chi connectivity index (χ0n) is 18.8. The van der Waals surface area contributed by atoms with Crippen LogP contribution in [0.1, 0.15) is 13.8 Å². The Hall–Kier alpha value is -3.33. The van der Waals surface area contributed by atoms with Crippen molar-refractivity contribution in [3.8, 4) is 17.0 Å². The molecule has 4 aromatic rings. The molecule has 1 atom stereocenters. The van der Waals surface area contributed by atoms with Crippen molar-refractivity contribution in [2.24, 2.45) is 7.05 Å². The molecule has 0 unspecified atom stereocenters. The average molecular weight is 440 g/mol. The minimum absolute atomic E-state index is 0.174. The van der Waals surface area contributed by atoms with E-state index in [1.54, 1.807) is 37.5 Å². The lowest BCUT2D eigenvalue weighted by Crippen LogP contribution is -2.49. The first-order chi connectivity index (χ1) is 15.8. The molecular formula is C23H23F2N5O2. The molecule has 166 valence electrons. The Balaban J connectivity index is 1.72. The molecule has 0 saturated carbocycles. The number of hydrogen-bond acceptors (Lipinski definition) is 5. The molecule has 3 aromatic heterocycles. The Morgan fingerprint density at radius 2 is 1.97 bits per heavy atom. The van der Waals surface area contributed by atoms with Crippen LogP contribution < -0.4 is 10.4 Å². The quantitative estimate of drug-likeness (QED) is 0.488. The lowest BCUT2D eigenvalue weighted by molar-refractivity contribution is -0.0977. The van der Waals surface area contributed by atoms with Crippen LogP contribution in [0.4, 0.5) is 8.78 Å². The van der Waals surface area contributed by atoms with E-state index in [1.807, 2.05) is 24.3 Å². The molecule has 9 heteroatoms. The lowest BCUT2D eigenvalue weighted by atomic mass is 10.00. The van der Waals surface area contributed by atoms with E-state index < -0.39 is 24.2 Å². The minimum atomic E-state index is -3.05. The fraction of sp³-hybridized carbons (Fsp3) is 0.348. The highest BCUT2D eigenvalue weighted by Gasteiger charge is 2.46. The summed E-state index contributed by atoms with van der Waals surface area (Å²) in [6, 6.07) is 7.80. The van der Waals surface area contributed by atoms with E-state index in [2.05, 4.69) is 9.97 Å². The number of rotatable bonds is 3. The maximum atomic E-state index is 15.1. The highest BCUT2D eigenvalue weighted by atomic mass is 19.3. The molecule has 32 heavy (non-hydrogen) atoms. The maximum absolute atomic E-state index is 15.1. The fourth-order valence-corrected chi connectivity index (χ4v) is 4.55. The van der Waals surface area contributed by atoms with E-state index in [1.165, 1.54) is 9.13 Å². The van der Waals surface area contributed by atoms with Gasteiger partial charge in [-0.05, 0) is 37.2 Å². The van der Waals surface area contributed by atoms with Crippen molar-refractivity contribution >= 4 is 21.9 Å². The van der Waals surface area contributed by atoms with E-state index in [0.29, 0.717) is 34.4 Å². The molecule has 0 spiro atoms. The van der Waals surface area contributed by atoms with Gasteiger partial charge in [0, 0.05) is 36.8 Å². The van der Waals surface area contributed by atoms with Gasteiger partial charge in [0.25, 0.3) is 5.92 Å². The van der Waals surface area contributed by atoms with Crippen LogP contribution in [0.25, 0.3) is 33.1 Å². The Kier molecular flexibility index (Phi) is 4.46. The number of piperidine rings is 1. The van der Waals surface area contributed by atoms with Crippen molar-refractivity contribution in [3.63, 3.8) is 0 Å². The predicted molar refractivity (Wildman–Crippen MR) is 118 cm³/mol. The van der Waals surface area contributed by atoms with E-state index in [4.69, 9.17) is 6.11 Å². The van der Waals surface area contributed by atoms with Gasteiger partial charge in [0.2, 0.25) is 5.88 Å². The molecule has 1 saturated heterocycles. The first-order valence-electron chi connectivity index (χ1n) is 11.0. The number of likely N-dealkylation sites (tertiary alicyclic amines) is 1. The molecule has 0 N–H and O–H groups in total. The molecular weight excluding hydrogens is 416 g/mol. The summed E-state index contributed by atoms with van der Waals surface area (Å²) in [5, 5.41) is 0.629. The largest absolute Gasteiger partial charge is 0.481 e. The second kappa shape index (κ2) is 7.37. The standard InChI is InChI=1S/C23H23F2N5O2/c1-28-9-8-19(23(24,25)13-28)30-21-16-10-14(15-5-7-20(32-3)27-11-15)4-6-17(16)26-12-18(21)29(2)22(30)31/h4-7,10-12,19H,8-9,13H2,1-3H3/t19-/m1/s1/i3D. The topological polar surface area (TPSA) is 65.2 Å². The molecule has 1 aromatic carbocycles. The summed E-state index contributed by atoms with van der Waals surface area (Å²) >= 11 is 0. The zero-order valence-corrected chi connectivity index (χ0v) is 17.8. The van der Waals surface area contributed by atoms with E-state index >= 15 is 8.78 Å². The Morgan fingerprint density at radius 3 is 2.69 bits per heavy atom. The molecule has 1 aliphatic heterocycles. The number of benzene rings is 1. The third-order valence-corrected chi connectivity index (χ3v) is 6.20. The highest BCUT2D eigenvalue weighted by molar-refractivity contribution is 6.04. The SMILES string of the molecule is [2H]COc1ccc(-c2ccc3ncc4c(c3c2)n([C@@H]2CCN(C)CC2(F)F)c(=O)n4C)cn1. The molecule has 1 fully saturated rings. The number of ether oxygens (including phenoxy) is 1. The van der Waals surface area contributed by atoms with Crippen molar-refractivity contribution in [1.82, 2.24) is 24.0 Å². The van der Waals surface area contributed by atoms with Gasteiger partial charge in [0.05, 0.1) is 37.7 Å². The molecule has 0 bridgehead atoms. The molecule has 5 rings (SSSR count). The summed E-state index contributed by atoms with van der Waals surface area (Å²) in [5.41, 5.74) is 2.71. The van der Waals surface area contributed by atoms with Gasteiger partial charge in [0.1, 0.15) is 6.04 Å². The van der Waals surface area contributed by atoms with Gasteiger partial charge in [-0.25, -0.2) is 18.6 Å². The van der Waals surface area contributed by atoms with Crippen LogP contribution in [-0.2, 0) is 7.05 Å². The Labute approximate surface area is 184 Å². The number of nitrogens with zero attached hydrogens (tertiary/aromatic N) is 5. The number of halogens is 2. The Morgan fingerprint density at radius 1 is 1.16 bits per heavy atom. The first-order valence-corrected chi connectivity index (χ1v) is 10.2. The number of hydrogen-bond donors (Lipinski definition) is 0. The number of aryl methyl sites for hydroxylation is 1. The van der Waals surface area contributed by atoms with Crippen molar-refractivity contribution in [3.05, 3.63) is 53.2 Å². The number of alkyl halides is 2.